The van der Waals surface area contributed by atoms with Crippen molar-refractivity contribution in [3.8, 4) is 0 Å². The van der Waals surface area contributed by atoms with Gasteiger partial charge in [-0.05, 0) is 48.1 Å². The zero-order valence-electron chi connectivity index (χ0n) is 14.3. The van der Waals surface area contributed by atoms with E-state index in [0.29, 0.717) is 18.2 Å². The molecule has 25 heavy (non-hydrogen) atoms. The van der Waals surface area contributed by atoms with Gasteiger partial charge >= 0.3 is 0 Å². The number of hydrogen-bond acceptors (Lipinski definition) is 2. The summed E-state index contributed by atoms with van der Waals surface area (Å²) in [7, 11) is 0. The van der Waals surface area contributed by atoms with Crippen LogP contribution in [-0.2, 0) is 11.2 Å². The van der Waals surface area contributed by atoms with Crippen molar-refractivity contribution < 1.29 is 4.79 Å². The number of nitrogens with zero attached hydrogens (tertiary/aromatic N) is 2. The van der Waals surface area contributed by atoms with E-state index in [1.54, 1.807) is 0 Å². The Morgan fingerprint density at radius 1 is 1.04 bits per heavy atom. The lowest BCUT2D eigenvalue weighted by Crippen LogP contribution is -2.49. The van der Waals surface area contributed by atoms with E-state index in [1.807, 2.05) is 23.1 Å². The van der Waals surface area contributed by atoms with Gasteiger partial charge in [-0.2, -0.15) is 0 Å². The fourth-order valence-electron chi connectivity index (χ4n) is 4.08. The van der Waals surface area contributed by atoms with Crippen molar-refractivity contribution in [1.82, 2.24) is 4.90 Å². The summed E-state index contributed by atoms with van der Waals surface area (Å²) in [4.78, 5) is 17.1. The lowest BCUT2D eigenvalue weighted by molar-refractivity contribution is -0.131. The first kappa shape index (κ1) is 16.5. The first-order chi connectivity index (χ1) is 12.2. The molecular formula is C21H23ClN2O. The molecule has 1 unspecified atom stereocenters. The molecule has 1 saturated heterocycles. The van der Waals surface area contributed by atoms with Crippen LogP contribution in [0.1, 0.15) is 29.9 Å². The highest BCUT2D eigenvalue weighted by Gasteiger charge is 2.28. The second-order valence-electron chi connectivity index (χ2n) is 6.99. The topological polar surface area (TPSA) is 23.6 Å². The van der Waals surface area contributed by atoms with Gasteiger partial charge in [-0.15, -0.1) is 0 Å². The molecule has 130 valence electrons. The van der Waals surface area contributed by atoms with Gasteiger partial charge in [-0.25, -0.2) is 0 Å². The van der Waals surface area contributed by atoms with Crippen molar-refractivity contribution in [2.75, 3.05) is 31.1 Å². The average Bonchev–Trinajstić information content (AvgIpc) is 3.05. The van der Waals surface area contributed by atoms with Crippen molar-refractivity contribution >= 4 is 23.2 Å². The maximum absolute atomic E-state index is 12.7. The molecule has 1 aliphatic heterocycles. The Morgan fingerprint density at radius 3 is 2.64 bits per heavy atom. The van der Waals surface area contributed by atoms with Gasteiger partial charge < -0.3 is 9.80 Å². The van der Waals surface area contributed by atoms with Crippen LogP contribution >= 0.6 is 11.6 Å². The van der Waals surface area contributed by atoms with E-state index in [9.17, 15) is 4.79 Å². The highest BCUT2D eigenvalue weighted by molar-refractivity contribution is 6.30. The highest BCUT2D eigenvalue weighted by atomic mass is 35.5. The van der Waals surface area contributed by atoms with Gasteiger partial charge in [0.25, 0.3) is 0 Å². The van der Waals surface area contributed by atoms with Crippen LogP contribution < -0.4 is 4.90 Å². The van der Waals surface area contributed by atoms with Crippen LogP contribution in [0.5, 0.6) is 0 Å². The molecule has 1 aliphatic carbocycles. The van der Waals surface area contributed by atoms with Crippen molar-refractivity contribution in [3.05, 3.63) is 64.7 Å². The van der Waals surface area contributed by atoms with Crippen LogP contribution in [0, 0.1) is 0 Å². The van der Waals surface area contributed by atoms with Gasteiger partial charge in [-0.3, -0.25) is 4.79 Å². The number of piperazine rings is 1. The number of halogens is 1. The first-order valence-corrected chi connectivity index (χ1v) is 9.44. The smallest absolute Gasteiger partial charge is 0.223 e. The van der Waals surface area contributed by atoms with E-state index in [4.69, 9.17) is 11.6 Å². The summed E-state index contributed by atoms with van der Waals surface area (Å²) in [6.45, 7) is 3.32. The Kier molecular flexibility index (Phi) is 4.67. The van der Waals surface area contributed by atoms with Crippen LogP contribution in [0.25, 0.3) is 0 Å². The zero-order chi connectivity index (χ0) is 17.2. The number of carbonyl (C=O) groups excluding carboxylic acids is 1. The van der Waals surface area contributed by atoms with Gasteiger partial charge in [0.05, 0.1) is 0 Å². The summed E-state index contributed by atoms with van der Waals surface area (Å²) in [5.41, 5.74) is 3.95. The third kappa shape index (κ3) is 3.52. The molecule has 4 rings (SSSR count). The fraction of sp³-hybridized carbons (Fsp3) is 0.381. The number of fused-ring (bicyclic) bond motifs is 1. The minimum absolute atomic E-state index is 0.299. The molecule has 0 N–H and O–H groups in total. The Morgan fingerprint density at radius 2 is 1.84 bits per heavy atom. The Bertz CT molecular complexity index is 768. The van der Waals surface area contributed by atoms with Crippen LogP contribution in [-0.4, -0.2) is 37.0 Å². The summed E-state index contributed by atoms with van der Waals surface area (Å²) in [6, 6.07) is 16.5. The van der Waals surface area contributed by atoms with Gasteiger partial charge in [0.15, 0.2) is 0 Å². The molecule has 0 bridgehead atoms. The maximum atomic E-state index is 12.7. The van der Waals surface area contributed by atoms with Gasteiger partial charge in [-0.1, -0.05) is 41.9 Å². The average molecular weight is 355 g/mol. The second kappa shape index (κ2) is 7.09. The Labute approximate surface area is 154 Å². The van der Waals surface area contributed by atoms with Crippen molar-refractivity contribution in [3.63, 3.8) is 0 Å². The summed E-state index contributed by atoms with van der Waals surface area (Å²) >= 11 is 6.09. The first-order valence-electron chi connectivity index (χ1n) is 9.07. The van der Waals surface area contributed by atoms with E-state index >= 15 is 0 Å². The largest absolute Gasteiger partial charge is 0.368 e. The Balaban J connectivity index is 1.34. The standard InChI is InChI=1S/C21H23ClN2O/c22-18-5-3-6-19(15-18)23-10-12-24(13-11-23)21(25)14-17-9-8-16-4-1-2-7-20(16)17/h1-7,15,17H,8-14H2. The lowest BCUT2D eigenvalue weighted by atomic mass is 9.97. The molecule has 2 aromatic carbocycles. The molecule has 1 amide bonds. The van der Waals surface area contributed by atoms with Crippen molar-refractivity contribution in [2.45, 2.75) is 25.2 Å². The van der Waals surface area contributed by atoms with E-state index < -0.39 is 0 Å². The second-order valence-corrected chi connectivity index (χ2v) is 7.42. The molecule has 1 atom stereocenters. The molecule has 0 radical (unpaired) electrons. The number of carbonyl (C=O) groups is 1. The molecule has 1 fully saturated rings. The quantitative estimate of drug-likeness (QED) is 0.828. The predicted molar refractivity (Wildman–Crippen MR) is 102 cm³/mol. The Hall–Kier alpha value is -2.00. The van der Waals surface area contributed by atoms with E-state index in [1.165, 1.54) is 11.1 Å². The molecule has 0 saturated carbocycles. The van der Waals surface area contributed by atoms with Crippen LogP contribution in [0.2, 0.25) is 5.02 Å². The molecular weight excluding hydrogens is 332 g/mol. The summed E-state index contributed by atoms with van der Waals surface area (Å²) < 4.78 is 0. The fourth-order valence-corrected chi connectivity index (χ4v) is 4.27. The van der Waals surface area contributed by atoms with Gasteiger partial charge in [0.2, 0.25) is 5.91 Å². The third-order valence-corrected chi connectivity index (χ3v) is 5.72. The van der Waals surface area contributed by atoms with Crippen molar-refractivity contribution in [2.24, 2.45) is 0 Å². The maximum Gasteiger partial charge on any atom is 0.223 e. The number of benzene rings is 2. The number of amides is 1. The van der Waals surface area contributed by atoms with E-state index in [2.05, 4.69) is 35.2 Å². The predicted octanol–water partition coefficient (Wildman–Crippen LogP) is 4.11. The molecule has 2 aliphatic rings. The molecule has 1 heterocycles. The monoisotopic (exact) mass is 354 g/mol. The number of aryl methyl sites for hydroxylation is 1. The van der Waals surface area contributed by atoms with E-state index in [0.717, 1.165) is 49.7 Å². The van der Waals surface area contributed by atoms with Crippen LogP contribution in [0.15, 0.2) is 48.5 Å². The van der Waals surface area contributed by atoms with Gasteiger partial charge in [0.1, 0.15) is 0 Å². The number of hydrogen-bond donors (Lipinski definition) is 0. The molecule has 0 aromatic heterocycles. The highest BCUT2D eigenvalue weighted by Crippen LogP contribution is 2.35. The number of rotatable bonds is 3. The zero-order valence-corrected chi connectivity index (χ0v) is 15.1. The minimum atomic E-state index is 0.299. The minimum Gasteiger partial charge on any atom is -0.368 e. The van der Waals surface area contributed by atoms with E-state index in [-0.39, 0.29) is 0 Å². The normalized spacial score (nSPS) is 19.8. The number of anilines is 1. The third-order valence-electron chi connectivity index (χ3n) is 5.48. The molecule has 4 heteroatoms. The van der Waals surface area contributed by atoms with Gasteiger partial charge in [0, 0.05) is 43.3 Å². The lowest BCUT2D eigenvalue weighted by Gasteiger charge is -2.36. The van der Waals surface area contributed by atoms with Crippen LogP contribution in [0.3, 0.4) is 0 Å². The van der Waals surface area contributed by atoms with Crippen molar-refractivity contribution in [1.29, 1.82) is 0 Å². The summed E-state index contributed by atoms with van der Waals surface area (Å²) in [5, 5.41) is 0.760. The SMILES string of the molecule is O=C(CC1CCc2ccccc21)N1CCN(c2cccc(Cl)c2)CC1. The summed E-state index contributed by atoms with van der Waals surface area (Å²) in [5.74, 6) is 0.696. The molecule has 3 nitrogen and oxygen atoms in total. The molecule has 0 spiro atoms. The van der Waals surface area contributed by atoms with Crippen LogP contribution in [0.4, 0.5) is 5.69 Å². The summed E-state index contributed by atoms with van der Waals surface area (Å²) in [6.07, 6.45) is 2.86. The molecule has 2 aromatic rings.